The van der Waals surface area contributed by atoms with E-state index in [9.17, 15) is 4.55 Å². The van der Waals surface area contributed by atoms with E-state index in [4.69, 9.17) is 0 Å². The Morgan fingerprint density at radius 2 is 1.83 bits per heavy atom. The molecular weight excluding hydrogens is 242 g/mol. The molecule has 0 aliphatic carbocycles. The fourth-order valence-electron chi connectivity index (χ4n) is 2.46. The summed E-state index contributed by atoms with van der Waals surface area (Å²) in [6, 6.07) is 10.8. The maximum atomic E-state index is 12.6. The van der Waals surface area contributed by atoms with Gasteiger partial charge in [-0.3, -0.25) is 0 Å². The lowest BCUT2D eigenvalue weighted by atomic mass is 9.98. The topological polar surface area (TPSA) is 26.3 Å². The van der Waals surface area contributed by atoms with Gasteiger partial charge < -0.3 is 4.55 Å². The number of benzene rings is 1. The van der Waals surface area contributed by atoms with E-state index in [1.54, 1.807) is 0 Å². The molecule has 1 aromatic rings. The smallest absolute Gasteiger partial charge is 0.137 e. The first kappa shape index (κ1) is 13.9. The Kier molecular flexibility index (Phi) is 4.36. The number of hydrogen-bond acceptors (Lipinski definition) is 2. The van der Waals surface area contributed by atoms with Gasteiger partial charge in [0.1, 0.15) is 4.75 Å². The van der Waals surface area contributed by atoms with Crippen LogP contribution in [0, 0.1) is 0 Å². The maximum absolute atomic E-state index is 12.6. The molecule has 18 heavy (non-hydrogen) atoms. The maximum Gasteiger partial charge on any atom is 0.137 e. The number of hydrogen-bond donors (Lipinski definition) is 0. The minimum atomic E-state index is -0.921. The number of piperidine rings is 1. The van der Waals surface area contributed by atoms with Crippen LogP contribution < -0.4 is 0 Å². The minimum Gasteiger partial charge on any atom is -0.597 e. The standard InChI is InChI=1S/C15H23NOS/c1-15(2,3)18(17)16-12-8-7-11-14(16)13-9-5-4-6-10-13/h4-6,9-10,14H,7-8,11-12H2,1-3H3/t14?,18-/m0/s1. The van der Waals surface area contributed by atoms with Crippen molar-refractivity contribution in [1.82, 2.24) is 4.31 Å². The Balaban J connectivity index is 2.22. The second-order valence-corrected chi connectivity index (χ2v) is 8.12. The Morgan fingerprint density at radius 3 is 2.44 bits per heavy atom. The third-order valence-corrected chi connectivity index (χ3v) is 5.29. The first-order valence-electron chi connectivity index (χ1n) is 6.74. The summed E-state index contributed by atoms with van der Waals surface area (Å²) in [6.07, 6.45) is 3.51. The second-order valence-electron chi connectivity index (χ2n) is 5.92. The van der Waals surface area contributed by atoms with Crippen LogP contribution in [0.4, 0.5) is 0 Å². The molecular formula is C15H23NOS. The van der Waals surface area contributed by atoms with Crippen molar-refractivity contribution < 1.29 is 4.55 Å². The van der Waals surface area contributed by atoms with Crippen LogP contribution in [-0.4, -0.2) is 20.1 Å². The van der Waals surface area contributed by atoms with Crippen molar-refractivity contribution in [2.75, 3.05) is 6.54 Å². The molecule has 1 fully saturated rings. The van der Waals surface area contributed by atoms with Crippen LogP contribution in [0.1, 0.15) is 51.6 Å². The summed E-state index contributed by atoms with van der Waals surface area (Å²) >= 11 is -0.921. The Bertz CT molecular complexity index is 374. The lowest BCUT2D eigenvalue weighted by Crippen LogP contribution is -2.46. The zero-order chi connectivity index (χ0) is 13.2. The highest BCUT2D eigenvalue weighted by molar-refractivity contribution is 7.90. The van der Waals surface area contributed by atoms with Crippen molar-refractivity contribution in [3.8, 4) is 0 Å². The lowest BCUT2D eigenvalue weighted by molar-refractivity contribution is 0.250. The fraction of sp³-hybridized carbons (Fsp3) is 0.600. The summed E-state index contributed by atoms with van der Waals surface area (Å²) in [6.45, 7) is 7.11. The number of rotatable bonds is 2. The van der Waals surface area contributed by atoms with Crippen molar-refractivity contribution >= 4 is 11.4 Å². The lowest BCUT2D eigenvalue weighted by Gasteiger charge is -2.40. The van der Waals surface area contributed by atoms with Crippen molar-refractivity contribution in [3.05, 3.63) is 35.9 Å². The fourth-order valence-corrected chi connectivity index (χ4v) is 3.92. The predicted octanol–water partition coefficient (Wildman–Crippen LogP) is 3.68. The minimum absolute atomic E-state index is 0.176. The van der Waals surface area contributed by atoms with Gasteiger partial charge in [0, 0.05) is 17.9 Å². The Labute approximate surface area is 114 Å². The monoisotopic (exact) mass is 265 g/mol. The predicted molar refractivity (Wildman–Crippen MR) is 77.6 cm³/mol. The third-order valence-electron chi connectivity index (χ3n) is 3.37. The molecule has 3 heteroatoms. The molecule has 1 saturated heterocycles. The molecule has 1 aliphatic rings. The largest absolute Gasteiger partial charge is 0.597 e. The van der Waals surface area contributed by atoms with Gasteiger partial charge in [-0.15, -0.1) is 4.31 Å². The molecule has 0 N–H and O–H groups in total. The molecule has 100 valence electrons. The quantitative estimate of drug-likeness (QED) is 0.763. The molecule has 2 rings (SSSR count). The van der Waals surface area contributed by atoms with E-state index in [2.05, 4.69) is 49.3 Å². The molecule has 2 atom stereocenters. The third kappa shape index (κ3) is 3.08. The summed E-state index contributed by atoms with van der Waals surface area (Å²) in [5, 5.41) is 0. The van der Waals surface area contributed by atoms with Gasteiger partial charge in [0.15, 0.2) is 0 Å². The van der Waals surface area contributed by atoms with Gasteiger partial charge >= 0.3 is 0 Å². The second kappa shape index (κ2) is 5.64. The van der Waals surface area contributed by atoms with Crippen LogP contribution in [0.25, 0.3) is 0 Å². The molecule has 1 aromatic carbocycles. The summed E-state index contributed by atoms with van der Waals surface area (Å²) in [5.41, 5.74) is 1.30. The highest BCUT2D eigenvalue weighted by atomic mass is 32.2. The van der Waals surface area contributed by atoms with E-state index in [-0.39, 0.29) is 4.75 Å². The summed E-state index contributed by atoms with van der Waals surface area (Å²) in [5.74, 6) is 0. The van der Waals surface area contributed by atoms with Gasteiger partial charge in [-0.05, 0) is 45.6 Å². The average molecular weight is 265 g/mol. The van der Waals surface area contributed by atoms with Crippen LogP contribution >= 0.6 is 0 Å². The van der Waals surface area contributed by atoms with E-state index >= 15 is 0 Å². The van der Waals surface area contributed by atoms with Gasteiger partial charge in [-0.1, -0.05) is 30.3 Å². The molecule has 0 bridgehead atoms. The summed E-state index contributed by atoms with van der Waals surface area (Å²) in [4.78, 5) is 0. The van der Waals surface area contributed by atoms with Gasteiger partial charge in [0.2, 0.25) is 0 Å². The molecule has 0 saturated carbocycles. The normalized spacial score (nSPS) is 23.9. The van der Waals surface area contributed by atoms with E-state index < -0.39 is 11.4 Å². The van der Waals surface area contributed by atoms with Crippen LogP contribution in [0.3, 0.4) is 0 Å². The molecule has 2 nitrogen and oxygen atoms in total. The van der Waals surface area contributed by atoms with E-state index in [0.717, 1.165) is 19.4 Å². The van der Waals surface area contributed by atoms with Gasteiger partial charge in [-0.2, -0.15) is 0 Å². The van der Waals surface area contributed by atoms with Crippen molar-refractivity contribution in [2.24, 2.45) is 0 Å². The van der Waals surface area contributed by atoms with E-state index in [1.165, 1.54) is 12.0 Å². The molecule has 0 radical (unpaired) electrons. The highest BCUT2D eigenvalue weighted by Gasteiger charge is 2.39. The first-order valence-corrected chi connectivity index (χ1v) is 7.84. The van der Waals surface area contributed by atoms with E-state index in [1.807, 2.05) is 6.07 Å². The average Bonchev–Trinajstić information content (AvgIpc) is 2.38. The zero-order valence-corrected chi connectivity index (χ0v) is 12.4. The molecule has 1 unspecified atom stereocenters. The van der Waals surface area contributed by atoms with Crippen molar-refractivity contribution in [3.63, 3.8) is 0 Å². The molecule has 1 aliphatic heterocycles. The zero-order valence-electron chi connectivity index (χ0n) is 11.6. The van der Waals surface area contributed by atoms with Gasteiger partial charge in [0.05, 0.1) is 6.04 Å². The molecule has 0 spiro atoms. The number of nitrogens with zero attached hydrogens (tertiary/aromatic N) is 1. The Morgan fingerprint density at radius 1 is 1.17 bits per heavy atom. The highest BCUT2D eigenvalue weighted by Crippen LogP contribution is 2.36. The van der Waals surface area contributed by atoms with Crippen LogP contribution in [-0.2, 0) is 11.4 Å². The van der Waals surface area contributed by atoms with Crippen molar-refractivity contribution in [2.45, 2.75) is 50.8 Å². The van der Waals surface area contributed by atoms with Crippen molar-refractivity contribution in [1.29, 1.82) is 0 Å². The first-order chi connectivity index (χ1) is 8.50. The van der Waals surface area contributed by atoms with Crippen LogP contribution in [0.5, 0.6) is 0 Å². The Hall–Kier alpha value is -0.510. The van der Waals surface area contributed by atoms with Crippen LogP contribution in [0.15, 0.2) is 30.3 Å². The van der Waals surface area contributed by atoms with Crippen LogP contribution in [0.2, 0.25) is 0 Å². The summed E-state index contributed by atoms with van der Waals surface area (Å²) in [7, 11) is 0. The molecule has 1 heterocycles. The molecule has 0 amide bonds. The van der Waals surface area contributed by atoms with Gasteiger partial charge in [-0.25, -0.2) is 0 Å². The molecule has 0 aromatic heterocycles. The van der Waals surface area contributed by atoms with Gasteiger partial charge in [0.25, 0.3) is 0 Å². The van der Waals surface area contributed by atoms with E-state index in [0.29, 0.717) is 6.04 Å². The SMILES string of the molecule is CC(C)(C)[S@+]([O-])N1CCCCC1c1ccccc1. The summed E-state index contributed by atoms with van der Waals surface area (Å²) < 4.78 is 14.7.